The summed E-state index contributed by atoms with van der Waals surface area (Å²) in [7, 11) is 3.88. The van der Waals surface area contributed by atoms with Gasteiger partial charge in [0, 0.05) is 32.2 Å². The summed E-state index contributed by atoms with van der Waals surface area (Å²) in [6.07, 6.45) is 0. The van der Waals surface area contributed by atoms with Crippen LogP contribution in [0.4, 0.5) is 11.8 Å². The third-order valence-corrected chi connectivity index (χ3v) is 3.61. The molecule has 7 heteroatoms. The molecule has 2 aromatic rings. The summed E-state index contributed by atoms with van der Waals surface area (Å²) < 4.78 is 1.81. The molecule has 3 N–H and O–H groups in total. The molecule has 0 radical (unpaired) electrons. The molecule has 0 bridgehead atoms. The smallest absolute Gasteiger partial charge is 0.222 e. The fraction of sp³-hybridized carbons (Fsp3) is 0.462. The Labute approximate surface area is 117 Å². The standard InChI is InChI=1S/C13H19N7/c1-8-4-11(19(3)18-8)10-5-12(17-13(14)16-10)20-6-9(7-20)15-2/h4-5,9,15H,6-7H2,1-3H3,(H2,14,16,17). The molecule has 1 aliphatic heterocycles. The van der Waals surface area contributed by atoms with Crippen molar-refractivity contribution >= 4 is 11.8 Å². The molecule has 1 aliphatic rings. The molecule has 0 atom stereocenters. The zero-order chi connectivity index (χ0) is 14.3. The van der Waals surface area contributed by atoms with Crippen LogP contribution in [-0.2, 0) is 7.05 Å². The quantitative estimate of drug-likeness (QED) is 0.829. The van der Waals surface area contributed by atoms with E-state index in [1.165, 1.54) is 0 Å². The normalized spacial score (nSPS) is 15.4. The number of likely N-dealkylation sites (N-methyl/N-ethyl adjacent to an activating group) is 1. The van der Waals surface area contributed by atoms with Crippen molar-refractivity contribution < 1.29 is 0 Å². The average molecular weight is 273 g/mol. The Kier molecular flexibility index (Phi) is 3.06. The van der Waals surface area contributed by atoms with Crippen LogP contribution < -0.4 is 16.0 Å². The second-order valence-electron chi connectivity index (χ2n) is 5.15. The Morgan fingerprint density at radius 1 is 1.30 bits per heavy atom. The second-order valence-corrected chi connectivity index (χ2v) is 5.15. The number of hydrogen-bond donors (Lipinski definition) is 2. The maximum absolute atomic E-state index is 5.84. The van der Waals surface area contributed by atoms with Crippen LogP contribution in [0.2, 0.25) is 0 Å². The summed E-state index contributed by atoms with van der Waals surface area (Å²) >= 11 is 0. The predicted molar refractivity (Wildman–Crippen MR) is 78.4 cm³/mol. The highest BCUT2D eigenvalue weighted by atomic mass is 15.3. The first-order valence-electron chi connectivity index (χ1n) is 6.64. The van der Waals surface area contributed by atoms with E-state index < -0.39 is 0 Å². The van der Waals surface area contributed by atoms with Crippen molar-refractivity contribution in [3.8, 4) is 11.4 Å². The van der Waals surface area contributed by atoms with Crippen molar-refractivity contribution in [1.82, 2.24) is 25.1 Å². The van der Waals surface area contributed by atoms with E-state index in [9.17, 15) is 0 Å². The number of nitrogen functional groups attached to an aromatic ring is 1. The molecule has 3 heterocycles. The zero-order valence-electron chi connectivity index (χ0n) is 12.0. The Hall–Kier alpha value is -2.15. The van der Waals surface area contributed by atoms with E-state index in [1.54, 1.807) is 0 Å². The van der Waals surface area contributed by atoms with Gasteiger partial charge < -0.3 is 16.0 Å². The van der Waals surface area contributed by atoms with E-state index in [-0.39, 0.29) is 0 Å². The van der Waals surface area contributed by atoms with Gasteiger partial charge in [-0.05, 0) is 20.0 Å². The van der Waals surface area contributed by atoms with E-state index in [0.29, 0.717) is 12.0 Å². The topological polar surface area (TPSA) is 84.9 Å². The Morgan fingerprint density at radius 2 is 2.05 bits per heavy atom. The molecule has 0 aliphatic carbocycles. The zero-order valence-corrected chi connectivity index (χ0v) is 12.0. The molecule has 0 unspecified atom stereocenters. The van der Waals surface area contributed by atoms with E-state index >= 15 is 0 Å². The van der Waals surface area contributed by atoms with Gasteiger partial charge >= 0.3 is 0 Å². The monoisotopic (exact) mass is 273 g/mol. The van der Waals surface area contributed by atoms with E-state index in [0.717, 1.165) is 36.0 Å². The number of rotatable bonds is 3. The summed E-state index contributed by atoms with van der Waals surface area (Å²) in [5, 5.41) is 7.59. The maximum Gasteiger partial charge on any atom is 0.222 e. The molecule has 7 nitrogen and oxygen atoms in total. The lowest BCUT2D eigenvalue weighted by molar-refractivity contribution is 0.447. The minimum Gasteiger partial charge on any atom is -0.368 e. The molecule has 0 saturated carbocycles. The molecule has 20 heavy (non-hydrogen) atoms. The Balaban J connectivity index is 1.93. The van der Waals surface area contributed by atoms with Gasteiger partial charge in [0.2, 0.25) is 5.95 Å². The lowest BCUT2D eigenvalue weighted by Crippen LogP contribution is -2.57. The van der Waals surface area contributed by atoms with Crippen LogP contribution in [0.25, 0.3) is 11.4 Å². The predicted octanol–water partition coefficient (Wildman–Crippen LogP) is 0.176. The number of aromatic nitrogens is 4. The molecular formula is C13H19N7. The number of nitrogens with one attached hydrogen (secondary N) is 1. The molecule has 0 amide bonds. The molecule has 3 rings (SSSR count). The van der Waals surface area contributed by atoms with Crippen LogP contribution in [0.3, 0.4) is 0 Å². The Bertz CT molecular complexity index is 628. The molecule has 0 aromatic carbocycles. The summed E-state index contributed by atoms with van der Waals surface area (Å²) in [6, 6.07) is 4.49. The van der Waals surface area contributed by atoms with Crippen LogP contribution >= 0.6 is 0 Å². The van der Waals surface area contributed by atoms with Crippen LogP contribution in [0, 0.1) is 6.92 Å². The van der Waals surface area contributed by atoms with Gasteiger partial charge in [-0.1, -0.05) is 0 Å². The molecule has 2 aromatic heterocycles. The first kappa shape index (κ1) is 12.9. The highest BCUT2D eigenvalue weighted by molar-refractivity contribution is 5.62. The molecular weight excluding hydrogens is 254 g/mol. The van der Waals surface area contributed by atoms with Crippen molar-refractivity contribution in [3.63, 3.8) is 0 Å². The summed E-state index contributed by atoms with van der Waals surface area (Å²) in [5.74, 6) is 1.17. The van der Waals surface area contributed by atoms with Crippen LogP contribution in [0.1, 0.15) is 5.69 Å². The van der Waals surface area contributed by atoms with Gasteiger partial charge in [0.1, 0.15) is 5.82 Å². The lowest BCUT2D eigenvalue weighted by Gasteiger charge is -2.40. The molecule has 1 saturated heterocycles. The minimum absolute atomic E-state index is 0.296. The molecule has 0 spiro atoms. The second kappa shape index (κ2) is 4.75. The van der Waals surface area contributed by atoms with Gasteiger partial charge in [0.15, 0.2) is 0 Å². The van der Waals surface area contributed by atoms with Gasteiger partial charge in [-0.2, -0.15) is 10.1 Å². The van der Waals surface area contributed by atoms with Crippen LogP contribution in [0.15, 0.2) is 12.1 Å². The van der Waals surface area contributed by atoms with Crippen molar-refractivity contribution in [2.24, 2.45) is 7.05 Å². The van der Waals surface area contributed by atoms with Crippen molar-refractivity contribution in [2.45, 2.75) is 13.0 Å². The van der Waals surface area contributed by atoms with Crippen molar-refractivity contribution in [2.75, 3.05) is 30.8 Å². The van der Waals surface area contributed by atoms with Gasteiger partial charge in [-0.3, -0.25) is 4.68 Å². The third-order valence-electron chi connectivity index (χ3n) is 3.61. The van der Waals surface area contributed by atoms with Crippen LogP contribution in [-0.4, -0.2) is 45.9 Å². The first-order chi connectivity index (χ1) is 9.56. The SMILES string of the molecule is CNC1CN(c2cc(-c3cc(C)nn3C)nc(N)n2)C1. The highest BCUT2D eigenvalue weighted by Gasteiger charge is 2.27. The van der Waals surface area contributed by atoms with Gasteiger partial charge in [0.05, 0.1) is 17.1 Å². The maximum atomic E-state index is 5.84. The van der Waals surface area contributed by atoms with Gasteiger partial charge in [-0.15, -0.1) is 0 Å². The van der Waals surface area contributed by atoms with Crippen molar-refractivity contribution in [1.29, 1.82) is 0 Å². The number of nitrogens with zero attached hydrogens (tertiary/aromatic N) is 5. The first-order valence-corrected chi connectivity index (χ1v) is 6.64. The van der Waals surface area contributed by atoms with E-state index in [1.807, 2.05) is 37.8 Å². The number of nitrogens with two attached hydrogens (primary N) is 1. The fourth-order valence-corrected chi connectivity index (χ4v) is 2.44. The Morgan fingerprint density at radius 3 is 2.65 bits per heavy atom. The number of aryl methyl sites for hydroxylation is 2. The molecule has 1 fully saturated rings. The minimum atomic E-state index is 0.296. The van der Waals surface area contributed by atoms with Gasteiger partial charge in [0.25, 0.3) is 0 Å². The lowest BCUT2D eigenvalue weighted by atomic mass is 10.1. The summed E-state index contributed by atoms with van der Waals surface area (Å²) in [4.78, 5) is 10.8. The van der Waals surface area contributed by atoms with Gasteiger partial charge in [-0.25, -0.2) is 4.98 Å². The van der Waals surface area contributed by atoms with Crippen LogP contribution in [0.5, 0.6) is 0 Å². The average Bonchev–Trinajstić information content (AvgIpc) is 2.66. The van der Waals surface area contributed by atoms with Crippen molar-refractivity contribution in [3.05, 3.63) is 17.8 Å². The summed E-state index contributed by atoms with van der Waals surface area (Å²) in [6.45, 7) is 3.84. The summed E-state index contributed by atoms with van der Waals surface area (Å²) in [5.41, 5.74) is 8.56. The molecule has 106 valence electrons. The van der Waals surface area contributed by atoms with E-state index in [4.69, 9.17) is 5.73 Å². The largest absolute Gasteiger partial charge is 0.368 e. The van der Waals surface area contributed by atoms with E-state index in [2.05, 4.69) is 25.3 Å². The third kappa shape index (κ3) is 2.20. The number of hydrogen-bond acceptors (Lipinski definition) is 6. The highest BCUT2D eigenvalue weighted by Crippen LogP contribution is 2.25. The fourth-order valence-electron chi connectivity index (χ4n) is 2.44. The number of anilines is 2.